The molecule has 0 radical (unpaired) electrons. The molecule has 328 valence electrons. The quantitative estimate of drug-likeness (QED) is 0.148. The Kier molecular flexibility index (Phi) is 10.5. The van der Waals surface area contributed by atoms with Crippen molar-refractivity contribution in [3.8, 4) is 22.3 Å². The molecule has 0 spiro atoms. The highest BCUT2D eigenvalue weighted by Gasteiger charge is 2.44. The minimum absolute atomic E-state index is 0.00339. The number of anilines is 8. The first-order valence-corrected chi connectivity index (χ1v) is 24.0. The Morgan fingerprint density at radius 3 is 1.36 bits per heavy atom. The zero-order valence-electron chi connectivity index (χ0n) is 39.8. The van der Waals surface area contributed by atoms with Gasteiger partial charge in [0.15, 0.2) is 0 Å². The Balaban J connectivity index is 1.26. The lowest BCUT2D eigenvalue weighted by Crippen LogP contribution is -2.61. The molecule has 1 unspecified atom stereocenters. The highest BCUT2D eigenvalue weighted by atomic mass is 15.2. The van der Waals surface area contributed by atoms with E-state index in [1.165, 1.54) is 78.2 Å². The largest absolute Gasteiger partial charge is 0.314 e. The third kappa shape index (κ3) is 7.40. The van der Waals surface area contributed by atoms with E-state index in [1.54, 1.807) is 0 Å². The van der Waals surface area contributed by atoms with Crippen molar-refractivity contribution < 1.29 is 0 Å². The number of para-hydroxylation sites is 4. The van der Waals surface area contributed by atoms with Gasteiger partial charge in [-0.1, -0.05) is 206 Å². The van der Waals surface area contributed by atoms with E-state index in [1.807, 2.05) is 0 Å². The average Bonchev–Trinajstić information content (AvgIpc) is 3.34. The smallest absolute Gasteiger partial charge is 0.252 e. The second-order valence-corrected chi connectivity index (χ2v) is 20.7. The first-order chi connectivity index (χ1) is 32.5. The molecule has 0 bridgehead atoms. The number of hydrogen-bond acceptors (Lipinski definition) is 3. The number of nitrogens with zero attached hydrogens (tertiary/aromatic N) is 3. The normalized spacial score (nSPS) is 15.3. The van der Waals surface area contributed by atoms with Crippen LogP contribution in [-0.4, -0.2) is 6.71 Å². The maximum absolute atomic E-state index is 2.57. The van der Waals surface area contributed by atoms with Crippen molar-refractivity contribution in [2.24, 2.45) is 11.3 Å². The van der Waals surface area contributed by atoms with E-state index >= 15 is 0 Å². The van der Waals surface area contributed by atoms with Crippen LogP contribution in [0.5, 0.6) is 0 Å². The van der Waals surface area contributed by atoms with Crippen LogP contribution < -0.4 is 31.1 Å². The van der Waals surface area contributed by atoms with Crippen LogP contribution in [0.25, 0.3) is 22.3 Å². The van der Waals surface area contributed by atoms with Crippen molar-refractivity contribution >= 4 is 68.6 Å². The number of benzene rings is 8. The van der Waals surface area contributed by atoms with Gasteiger partial charge in [-0.2, -0.15) is 0 Å². The molecule has 3 nitrogen and oxygen atoms in total. The lowest BCUT2D eigenvalue weighted by Gasteiger charge is -2.46. The fraction of sp³-hybridized carbons (Fsp3) is 0.175. The van der Waals surface area contributed by atoms with Crippen LogP contribution in [0.2, 0.25) is 0 Å². The molecule has 3 aliphatic rings. The van der Waals surface area contributed by atoms with Gasteiger partial charge >= 0.3 is 0 Å². The van der Waals surface area contributed by atoms with Gasteiger partial charge in [-0.15, -0.1) is 0 Å². The summed E-state index contributed by atoms with van der Waals surface area (Å²) in [5, 5.41) is 0. The third-order valence-electron chi connectivity index (χ3n) is 14.3. The summed E-state index contributed by atoms with van der Waals surface area (Å²) >= 11 is 0. The van der Waals surface area contributed by atoms with Gasteiger partial charge in [0.05, 0.1) is 11.4 Å². The van der Waals surface area contributed by atoms with Crippen molar-refractivity contribution in [2.45, 2.75) is 60.3 Å². The predicted octanol–water partition coefficient (Wildman–Crippen LogP) is 15.4. The lowest BCUT2D eigenvalue weighted by molar-refractivity contribution is 0.453. The second kappa shape index (κ2) is 16.5. The molecule has 2 aliphatic heterocycles. The Hall–Kier alpha value is -7.30. The van der Waals surface area contributed by atoms with Gasteiger partial charge in [0.2, 0.25) is 0 Å². The highest BCUT2D eigenvalue weighted by molar-refractivity contribution is 7.00. The van der Waals surface area contributed by atoms with Gasteiger partial charge in [0.1, 0.15) is 0 Å². The fourth-order valence-corrected chi connectivity index (χ4v) is 10.9. The molecule has 2 heterocycles. The monoisotopic (exact) mass is 867 g/mol. The van der Waals surface area contributed by atoms with Crippen molar-refractivity contribution in [3.05, 3.63) is 223 Å². The Labute approximate surface area is 398 Å². The standard InChI is InChI=1S/C63H58BN3/c1-43-40-47(63(5,6)7)36-39-54(43)65(48-37-34-46(35-38-48)62(2,3)4)49-41-59-61-60(42-49)67(56-31-19-15-27-51(56)45-24-12-9-13-25-45)58-33-21-17-29-53(58)64(61)52-28-16-20-32-57(52)66(59)55-30-18-14-26-50(55)44-22-10-8-11-23-44/h8-39,41-43H,40H2,1-7H3. The highest BCUT2D eigenvalue weighted by Crippen LogP contribution is 2.51. The van der Waals surface area contributed by atoms with E-state index in [0.717, 1.165) is 29.2 Å². The lowest BCUT2D eigenvalue weighted by atomic mass is 9.33. The van der Waals surface area contributed by atoms with Gasteiger partial charge in [-0.05, 0) is 105 Å². The van der Waals surface area contributed by atoms with Gasteiger partial charge in [-0.3, -0.25) is 0 Å². The molecule has 0 amide bonds. The second-order valence-electron chi connectivity index (χ2n) is 20.7. The summed E-state index contributed by atoms with van der Waals surface area (Å²) in [6.07, 6.45) is 5.82. The maximum atomic E-state index is 2.57. The summed E-state index contributed by atoms with van der Waals surface area (Å²) < 4.78 is 0. The van der Waals surface area contributed by atoms with Crippen LogP contribution in [0.15, 0.2) is 218 Å². The average molecular weight is 868 g/mol. The SMILES string of the molecule is CC1CC(C(C)(C)C)=CC=C1N(c1ccc(C(C)(C)C)cc1)c1cc2c3c(c1)N(c1ccccc1-c1ccccc1)c1ccccc1B3c1ccccc1N2c1ccccc1-c1ccccc1. The van der Waals surface area contributed by atoms with E-state index in [4.69, 9.17) is 0 Å². The van der Waals surface area contributed by atoms with E-state index in [2.05, 4.69) is 269 Å². The Morgan fingerprint density at radius 2 is 0.896 bits per heavy atom. The van der Waals surface area contributed by atoms with E-state index in [-0.39, 0.29) is 23.5 Å². The molecule has 4 heteroatoms. The number of allylic oxidation sites excluding steroid dienone is 4. The van der Waals surface area contributed by atoms with Crippen LogP contribution in [-0.2, 0) is 5.41 Å². The number of rotatable bonds is 7. The summed E-state index contributed by atoms with van der Waals surface area (Å²) in [5.74, 6) is 0.271. The predicted molar refractivity (Wildman–Crippen MR) is 288 cm³/mol. The number of hydrogen-bond donors (Lipinski definition) is 0. The zero-order chi connectivity index (χ0) is 46.0. The molecule has 1 aliphatic carbocycles. The van der Waals surface area contributed by atoms with Gasteiger partial charge in [-0.25, -0.2) is 0 Å². The minimum atomic E-state index is -0.00339. The maximum Gasteiger partial charge on any atom is 0.252 e. The topological polar surface area (TPSA) is 9.72 Å². The molecule has 67 heavy (non-hydrogen) atoms. The minimum Gasteiger partial charge on any atom is -0.314 e. The summed E-state index contributed by atoms with van der Waals surface area (Å²) in [7, 11) is 0. The molecular formula is C63H58BN3. The molecule has 0 saturated carbocycles. The van der Waals surface area contributed by atoms with Gasteiger partial charge in [0.25, 0.3) is 6.71 Å². The third-order valence-corrected chi connectivity index (χ3v) is 14.3. The summed E-state index contributed by atoms with van der Waals surface area (Å²) in [4.78, 5) is 7.72. The molecular weight excluding hydrogens is 810 g/mol. The van der Waals surface area contributed by atoms with Gasteiger partial charge in [0, 0.05) is 56.9 Å². The Bertz CT molecular complexity index is 3050. The molecule has 0 N–H and O–H groups in total. The van der Waals surface area contributed by atoms with Crippen LogP contribution in [0, 0.1) is 11.3 Å². The van der Waals surface area contributed by atoms with E-state index in [9.17, 15) is 0 Å². The summed E-state index contributed by atoms with van der Waals surface area (Å²) in [6.45, 7) is 16.3. The van der Waals surface area contributed by atoms with Crippen LogP contribution in [0.3, 0.4) is 0 Å². The molecule has 0 fully saturated rings. The van der Waals surface area contributed by atoms with Crippen molar-refractivity contribution in [2.75, 3.05) is 14.7 Å². The van der Waals surface area contributed by atoms with Crippen LogP contribution in [0.1, 0.15) is 60.5 Å². The Morgan fingerprint density at radius 1 is 0.448 bits per heavy atom. The first kappa shape index (κ1) is 42.3. The van der Waals surface area contributed by atoms with E-state index < -0.39 is 0 Å². The molecule has 0 saturated heterocycles. The molecule has 0 aromatic heterocycles. The van der Waals surface area contributed by atoms with Crippen LogP contribution in [0.4, 0.5) is 45.5 Å². The molecule has 8 aromatic carbocycles. The van der Waals surface area contributed by atoms with Gasteiger partial charge < -0.3 is 14.7 Å². The summed E-state index contributed by atoms with van der Waals surface area (Å²) in [5.41, 5.74) is 22.2. The first-order valence-electron chi connectivity index (χ1n) is 24.0. The molecule has 1 atom stereocenters. The zero-order valence-corrected chi connectivity index (χ0v) is 39.8. The van der Waals surface area contributed by atoms with Crippen molar-refractivity contribution in [1.82, 2.24) is 0 Å². The number of fused-ring (bicyclic) bond motifs is 4. The molecule has 11 rings (SSSR count). The van der Waals surface area contributed by atoms with Crippen LogP contribution >= 0.6 is 0 Å². The fourth-order valence-electron chi connectivity index (χ4n) is 10.9. The van der Waals surface area contributed by atoms with Crippen molar-refractivity contribution in [1.29, 1.82) is 0 Å². The van der Waals surface area contributed by atoms with E-state index in [0.29, 0.717) is 0 Å². The summed E-state index contributed by atoms with van der Waals surface area (Å²) in [6, 6.07) is 72.3. The molecule has 8 aromatic rings. The van der Waals surface area contributed by atoms with Crippen molar-refractivity contribution in [3.63, 3.8) is 0 Å².